The van der Waals surface area contributed by atoms with Gasteiger partial charge in [0.15, 0.2) is 5.78 Å². The van der Waals surface area contributed by atoms with Crippen molar-refractivity contribution in [3.05, 3.63) is 34.9 Å². The number of ketones is 1. The first-order valence-corrected chi connectivity index (χ1v) is 4.90. The number of hydrogen-bond acceptors (Lipinski definition) is 2. The molecule has 1 aromatic rings. The molecule has 1 rings (SSSR count). The molecule has 3 nitrogen and oxygen atoms in total. The van der Waals surface area contributed by atoms with E-state index in [0.29, 0.717) is 10.6 Å². The summed E-state index contributed by atoms with van der Waals surface area (Å²) in [6.45, 7) is 1.60. The lowest BCUT2D eigenvalue weighted by Crippen LogP contribution is -2.15. The third-order valence-electron chi connectivity index (χ3n) is 2.06. The Labute approximate surface area is 92.7 Å². The van der Waals surface area contributed by atoms with Gasteiger partial charge in [0.1, 0.15) is 0 Å². The van der Waals surface area contributed by atoms with Gasteiger partial charge in [-0.3, -0.25) is 9.59 Å². The van der Waals surface area contributed by atoms with Gasteiger partial charge in [-0.2, -0.15) is 0 Å². The molecular weight excluding hydrogens is 216 g/mol. The minimum atomic E-state index is -0.968. The fourth-order valence-corrected chi connectivity index (χ4v) is 1.38. The number of Topliss-reactive ketones (excluding diaryl/α,β-unsaturated/α-hetero) is 1. The zero-order valence-electron chi connectivity index (χ0n) is 8.24. The molecule has 15 heavy (non-hydrogen) atoms. The molecule has 1 N–H and O–H groups in total. The van der Waals surface area contributed by atoms with Crippen LogP contribution >= 0.6 is 11.6 Å². The summed E-state index contributed by atoms with van der Waals surface area (Å²) in [5, 5.41) is 9.10. The predicted molar refractivity (Wildman–Crippen MR) is 57.2 cm³/mol. The molecule has 0 aliphatic rings. The monoisotopic (exact) mass is 226 g/mol. The number of hydrogen-bond donors (Lipinski definition) is 1. The molecule has 0 spiro atoms. The average molecular weight is 227 g/mol. The number of aliphatic carboxylic acids is 1. The maximum atomic E-state index is 11.7. The van der Waals surface area contributed by atoms with Crippen LogP contribution in [0, 0.1) is 5.92 Å². The molecule has 0 unspecified atom stereocenters. The summed E-state index contributed by atoms with van der Waals surface area (Å²) in [4.78, 5) is 22.1. The van der Waals surface area contributed by atoms with Crippen LogP contribution < -0.4 is 0 Å². The smallest absolute Gasteiger partial charge is 0.304 e. The number of rotatable bonds is 4. The summed E-state index contributed by atoms with van der Waals surface area (Å²) in [5.41, 5.74) is 0.494. The average Bonchev–Trinajstić information content (AvgIpc) is 2.17. The molecule has 0 saturated heterocycles. The first-order valence-electron chi connectivity index (χ1n) is 4.52. The minimum absolute atomic E-state index is 0.151. The summed E-state index contributed by atoms with van der Waals surface area (Å²) >= 11 is 5.67. The van der Waals surface area contributed by atoms with Crippen molar-refractivity contribution in [1.82, 2.24) is 0 Å². The van der Waals surface area contributed by atoms with Gasteiger partial charge < -0.3 is 5.11 Å². The Kier molecular flexibility index (Phi) is 3.86. The van der Waals surface area contributed by atoms with Crippen molar-refractivity contribution in [2.24, 2.45) is 5.92 Å². The summed E-state index contributed by atoms with van der Waals surface area (Å²) in [5.74, 6) is -1.65. The van der Waals surface area contributed by atoms with Gasteiger partial charge in [0, 0.05) is 16.5 Å². The molecule has 0 fully saturated rings. The van der Waals surface area contributed by atoms with E-state index >= 15 is 0 Å². The van der Waals surface area contributed by atoms with Crippen molar-refractivity contribution in [2.75, 3.05) is 0 Å². The second kappa shape index (κ2) is 4.94. The molecule has 4 heteroatoms. The Morgan fingerprint density at radius 1 is 1.33 bits per heavy atom. The van der Waals surface area contributed by atoms with Gasteiger partial charge in [0.2, 0.25) is 0 Å². The Bertz CT molecular complexity index is 370. The molecule has 0 heterocycles. The molecule has 80 valence electrons. The van der Waals surface area contributed by atoms with E-state index in [1.165, 1.54) is 0 Å². The number of carbonyl (C=O) groups is 2. The van der Waals surface area contributed by atoms with Crippen LogP contribution in [0.5, 0.6) is 0 Å². The van der Waals surface area contributed by atoms with E-state index in [9.17, 15) is 9.59 Å². The molecule has 0 radical (unpaired) electrons. The Hall–Kier alpha value is -1.35. The molecule has 1 aromatic carbocycles. The number of benzene rings is 1. The number of carboxylic acid groups (broad SMARTS) is 1. The van der Waals surface area contributed by atoms with Crippen molar-refractivity contribution in [2.45, 2.75) is 13.3 Å². The molecule has 0 aliphatic carbocycles. The normalized spacial score (nSPS) is 12.1. The highest BCUT2D eigenvalue weighted by molar-refractivity contribution is 6.30. The maximum Gasteiger partial charge on any atom is 0.304 e. The second-order valence-electron chi connectivity index (χ2n) is 3.37. The minimum Gasteiger partial charge on any atom is -0.481 e. The summed E-state index contributed by atoms with van der Waals surface area (Å²) in [6.07, 6.45) is -0.151. The highest BCUT2D eigenvalue weighted by Crippen LogP contribution is 2.15. The van der Waals surface area contributed by atoms with Crippen molar-refractivity contribution in [3.63, 3.8) is 0 Å². The highest BCUT2D eigenvalue weighted by atomic mass is 35.5. The third kappa shape index (κ3) is 3.36. The van der Waals surface area contributed by atoms with E-state index in [1.54, 1.807) is 31.2 Å². The molecule has 0 bridgehead atoms. The lowest BCUT2D eigenvalue weighted by atomic mass is 9.97. The summed E-state index contributed by atoms with van der Waals surface area (Å²) in [6, 6.07) is 6.43. The molecule has 0 saturated carbocycles. The van der Waals surface area contributed by atoms with Crippen LogP contribution in [0.2, 0.25) is 5.02 Å². The zero-order chi connectivity index (χ0) is 11.4. The van der Waals surface area contributed by atoms with Gasteiger partial charge in [0.25, 0.3) is 0 Å². The third-order valence-corrected chi connectivity index (χ3v) is 2.31. The van der Waals surface area contributed by atoms with E-state index in [-0.39, 0.29) is 12.2 Å². The van der Waals surface area contributed by atoms with Crippen LogP contribution in [0.4, 0.5) is 0 Å². The fraction of sp³-hybridized carbons (Fsp3) is 0.273. The number of carboxylic acids is 1. The topological polar surface area (TPSA) is 54.4 Å². The van der Waals surface area contributed by atoms with Crippen LogP contribution in [0.15, 0.2) is 24.3 Å². The van der Waals surface area contributed by atoms with Gasteiger partial charge >= 0.3 is 5.97 Å². The van der Waals surface area contributed by atoms with Crippen LogP contribution in [-0.2, 0) is 4.79 Å². The molecular formula is C11H11ClO3. The lowest BCUT2D eigenvalue weighted by molar-refractivity contribution is -0.137. The van der Waals surface area contributed by atoms with Gasteiger partial charge in [-0.1, -0.05) is 18.5 Å². The first-order chi connectivity index (χ1) is 7.00. The van der Waals surface area contributed by atoms with Crippen LogP contribution in [-0.4, -0.2) is 16.9 Å². The van der Waals surface area contributed by atoms with Crippen molar-refractivity contribution >= 4 is 23.4 Å². The molecule has 0 aromatic heterocycles. The SMILES string of the molecule is C[C@@H](CC(=O)O)C(=O)c1ccc(Cl)cc1. The number of carbonyl (C=O) groups excluding carboxylic acids is 1. The largest absolute Gasteiger partial charge is 0.481 e. The quantitative estimate of drug-likeness (QED) is 0.803. The molecule has 1 atom stereocenters. The van der Waals surface area contributed by atoms with E-state index in [1.807, 2.05) is 0 Å². The van der Waals surface area contributed by atoms with Crippen LogP contribution in [0.25, 0.3) is 0 Å². The fourth-order valence-electron chi connectivity index (χ4n) is 1.25. The van der Waals surface area contributed by atoms with Crippen molar-refractivity contribution < 1.29 is 14.7 Å². The van der Waals surface area contributed by atoms with Gasteiger partial charge in [-0.15, -0.1) is 0 Å². The van der Waals surface area contributed by atoms with Crippen LogP contribution in [0.3, 0.4) is 0 Å². The number of halogens is 1. The Morgan fingerprint density at radius 2 is 1.87 bits per heavy atom. The second-order valence-corrected chi connectivity index (χ2v) is 3.81. The Balaban J connectivity index is 2.76. The standard InChI is InChI=1S/C11H11ClO3/c1-7(6-10(13)14)11(15)8-2-4-9(12)5-3-8/h2-5,7H,6H2,1H3,(H,13,14)/t7-/m0/s1. The van der Waals surface area contributed by atoms with Crippen molar-refractivity contribution in [1.29, 1.82) is 0 Å². The Morgan fingerprint density at radius 3 is 2.33 bits per heavy atom. The zero-order valence-corrected chi connectivity index (χ0v) is 8.99. The first kappa shape index (κ1) is 11.7. The predicted octanol–water partition coefficient (Wildman–Crippen LogP) is 2.63. The van der Waals surface area contributed by atoms with Crippen LogP contribution in [0.1, 0.15) is 23.7 Å². The van der Waals surface area contributed by atoms with Gasteiger partial charge in [-0.25, -0.2) is 0 Å². The molecule has 0 amide bonds. The summed E-state index contributed by atoms with van der Waals surface area (Å²) < 4.78 is 0. The van der Waals surface area contributed by atoms with E-state index in [4.69, 9.17) is 16.7 Å². The van der Waals surface area contributed by atoms with Gasteiger partial charge in [0.05, 0.1) is 6.42 Å². The maximum absolute atomic E-state index is 11.7. The molecule has 0 aliphatic heterocycles. The van der Waals surface area contributed by atoms with E-state index < -0.39 is 11.9 Å². The summed E-state index contributed by atoms with van der Waals surface area (Å²) in [7, 11) is 0. The van der Waals surface area contributed by atoms with E-state index in [0.717, 1.165) is 0 Å². The van der Waals surface area contributed by atoms with E-state index in [2.05, 4.69) is 0 Å². The highest BCUT2D eigenvalue weighted by Gasteiger charge is 2.17. The lowest BCUT2D eigenvalue weighted by Gasteiger charge is -2.07. The van der Waals surface area contributed by atoms with Gasteiger partial charge in [-0.05, 0) is 24.3 Å². The van der Waals surface area contributed by atoms with Crippen molar-refractivity contribution in [3.8, 4) is 0 Å².